The number of aromatic nitrogens is 2. The maximum atomic E-state index is 13.8. The van der Waals surface area contributed by atoms with Gasteiger partial charge in [-0.15, -0.1) is 11.8 Å². The predicted octanol–water partition coefficient (Wildman–Crippen LogP) is 4.19. The molecule has 1 aromatic heterocycles. The van der Waals surface area contributed by atoms with Gasteiger partial charge in [0.15, 0.2) is 0 Å². The highest BCUT2D eigenvalue weighted by molar-refractivity contribution is 7.99. The summed E-state index contributed by atoms with van der Waals surface area (Å²) in [7, 11) is 0. The maximum absolute atomic E-state index is 13.8. The zero-order chi connectivity index (χ0) is 30.4. The lowest BCUT2D eigenvalue weighted by Gasteiger charge is -2.27. The van der Waals surface area contributed by atoms with Crippen LogP contribution in [0.1, 0.15) is 37.1 Å². The number of fused-ring (bicyclic) bond motifs is 1. The maximum Gasteiger partial charge on any atom is 0.250 e. The first kappa shape index (κ1) is 30.1. The lowest BCUT2D eigenvalue weighted by atomic mass is 9.98. The molecule has 5 rings (SSSR count). The van der Waals surface area contributed by atoms with E-state index in [1.807, 2.05) is 72.8 Å². The molecule has 5 N–H and O–H groups in total. The van der Waals surface area contributed by atoms with E-state index in [4.69, 9.17) is 5.73 Å². The number of carbonyl (C=O) groups is 3. The van der Waals surface area contributed by atoms with Gasteiger partial charge < -0.3 is 26.3 Å². The van der Waals surface area contributed by atoms with Crippen LogP contribution in [-0.2, 0) is 33.9 Å². The molecule has 3 amide bonds. The number of nitrogens with one attached hydrogen (secondary N) is 3. The first-order valence-corrected chi connectivity index (χ1v) is 15.2. The van der Waals surface area contributed by atoms with Gasteiger partial charge in [-0.2, -0.15) is 0 Å². The Hall–Kier alpha value is -4.41. The summed E-state index contributed by atoms with van der Waals surface area (Å²) < 4.78 is 0. The summed E-state index contributed by atoms with van der Waals surface area (Å²) in [4.78, 5) is 48.6. The first-order valence-electron chi connectivity index (χ1n) is 14.2. The second-order valence-electron chi connectivity index (χ2n) is 11.4. The number of nitrogens with two attached hydrogens (primary N) is 1. The Bertz CT molecular complexity index is 1580. The number of para-hydroxylation sites is 1. The molecule has 1 aliphatic rings. The number of rotatable bonds is 10. The lowest BCUT2D eigenvalue weighted by molar-refractivity contribution is -0.127. The van der Waals surface area contributed by atoms with Crippen molar-refractivity contribution in [1.29, 1.82) is 0 Å². The van der Waals surface area contributed by atoms with Gasteiger partial charge in [-0.25, -0.2) is 4.98 Å². The number of hydrogen-bond donors (Lipinski definition) is 4. The quantitative estimate of drug-likeness (QED) is 0.217. The molecule has 0 radical (unpaired) electrons. The average Bonchev–Trinajstić information content (AvgIpc) is 3.45. The number of benzene rings is 3. The van der Waals surface area contributed by atoms with Crippen molar-refractivity contribution in [2.24, 2.45) is 5.73 Å². The van der Waals surface area contributed by atoms with Gasteiger partial charge in [-0.3, -0.25) is 14.4 Å². The summed E-state index contributed by atoms with van der Waals surface area (Å²) in [5.74, 6) is -0.0352. The molecule has 43 heavy (non-hydrogen) atoms. The van der Waals surface area contributed by atoms with E-state index in [9.17, 15) is 14.4 Å². The number of imidazole rings is 1. The van der Waals surface area contributed by atoms with Gasteiger partial charge in [0, 0.05) is 41.0 Å². The van der Waals surface area contributed by atoms with Crippen molar-refractivity contribution in [3.05, 3.63) is 102 Å². The Morgan fingerprint density at radius 2 is 1.79 bits per heavy atom. The van der Waals surface area contributed by atoms with Crippen LogP contribution in [0.4, 0.5) is 5.69 Å². The first-order chi connectivity index (χ1) is 20.7. The molecule has 0 unspecified atom stereocenters. The Balaban J connectivity index is 1.31. The van der Waals surface area contributed by atoms with Crippen LogP contribution in [0.15, 0.2) is 90.2 Å². The van der Waals surface area contributed by atoms with Gasteiger partial charge in [-0.1, -0.05) is 60.7 Å². The third kappa shape index (κ3) is 7.91. The van der Waals surface area contributed by atoms with Gasteiger partial charge in [0.2, 0.25) is 11.8 Å². The Labute approximate surface area is 255 Å². The van der Waals surface area contributed by atoms with E-state index < -0.39 is 11.6 Å². The SMILES string of the molecule is CC(C)(N)CC(=O)N[C@@H]1CSc2ccccc2N(Cc2ccc(-c3ccccc3CNC(=O)Cc3cnc[nH]3)cc2)C1=O. The summed E-state index contributed by atoms with van der Waals surface area (Å²) in [6.45, 7) is 4.34. The van der Waals surface area contributed by atoms with Crippen LogP contribution in [0.3, 0.4) is 0 Å². The largest absolute Gasteiger partial charge is 0.352 e. The second-order valence-corrected chi connectivity index (χ2v) is 12.4. The lowest BCUT2D eigenvalue weighted by Crippen LogP contribution is -2.51. The normalized spacial score (nSPS) is 15.0. The topological polar surface area (TPSA) is 133 Å². The van der Waals surface area contributed by atoms with Crippen LogP contribution in [0.25, 0.3) is 11.1 Å². The molecular weight excluding hydrogens is 560 g/mol. The van der Waals surface area contributed by atoms with Crippen LogP contribution in [0.2, 0.25) is 0 Å². The van der Waals surface area contributed by atoms with Gasteiger partial charge in [0.1, 0.15) is 6.04 Å². The zero-order valence-corrected chi connectivity index (χ0v) is 25.1. The van der Waals surface area contributed by atoms with Crippen molar-refractivity contribution in [3.8, 4) is 11.1 Å². The zero-order valence-electron chi connectivity index (χ0n) is 24.3. The fourth-order valence-electron chi connectivity index (χ4n) is 5.02. The van der Waals surface area contributed by atoms with E-state index in [2.05, 4.69) is 20.6 Å². The van der Waals surface area contributed by atoms with Crippen LogP contribution in [0, 0.1) is 0 Å². The molecule has 0 spiro atoms. The van der Waals surface area contributed by atoms with Crippen LogP contribution < -0.4 is 21.3 Å². The number of amides is 3. The molecule has 4 aromatic rings. The molecule has 0 aliphatic carbocycles. The van der Waals surface area contributed by atoms with E-state index in [0.29, 0.717) is 18.8 Å². The molecule has 0 bridgehead atoms. The average molecular weight is 597 g/mol. The molecule has 10 heteroatoms. The highest BCUT2D eigenvalue weighted by atomic mass is 32.2. The number of hydrogen-bond acceptors (Lipinski definition) is 6. The summed E-state index contributed by atoms with van der Waals surface area (Å²) in [6, 6.07) is 23.2. The number of carbonyl (C=O) groups excluding carboxylic acids is 3. The number of H-pyrrole nitrogens is 1. The Kier molecular flexibility index (Phi) is 9.27. The Morgan fingerprint density at radius 3 is 2.53 bits per heavy atom. The summed E-state index contributed by atoms with van der Waals surface area (Å²) >= 11 is 1.56. The second kappa shape index (κ2) is 13.3. The number of thioether (sulfide) groups is 1. The van der Waals surface area contributed by atoms with E-state index in [0.717, 1.165) is 38.5 Å². The van der Waals surface area contributed by atoms with Gasteiger partial charge >= 0.3 is 0 Å². The number of aromatic amines is 1. The van der Waals surface area contributed by atoms with Gasteiger partial charge in [0.25, 0.3) is 5.91 Å². The minimum atomic E-state index is -0.667. The van der Waals surface area contributed by atoms with Crippen LogP contribution in [0.5, 0.6) is 0 Å². The van der Waals surface area contributed by atoms with Crippen LogP contribution >= 0.6 is 11.8 Å². The van der Waals surface area contributed by atoms with Crippen molar-refractivity contribution in [3.63, 3.8) is 0 Å². The van der Waals surface area contributed by atoms with E-state index >= 15 is 0 Å². The van der Waals surface area contributed by atoms with Crippen molar-refractivity contribution in [2.75, 3.05) is 10.7 Å². The van der Waals surface area contributed by atoms with Gasteiger partial charge in [0.05, 0.1) is 25.0 Å². The minimum absolute atomic E-state index is 0.0869. The third-order valence-corrected chi connectivity index (χ3v) is 8.24. The standard InChI is InChI=1S/C33H36N6O3S/c1-33(2,34)16-31(41)38-27-20-43-29-10-6-5-9-28(29)39(32(27)42)19-22-11-13-23(14-12-22)26-8-4-3-7-24(26)17-36-30(40)15-25-18-35-21-37-25/h3-14,18,21,27H,15-17,19-20,34H2,1-2H3,(H,35,37)(H,36,40)(H,38,41)/t27-/m1/s1. The van der Waals surface area contributed by atoms with Gasteiger partial charge in [-0.05, 0) is 48.2 Å². The molecular formula is C33H36N6O3S. The molecule has 222 valence electrons. The molecule has 0 saturated heterocycles. The summed E-state index contributed by atoms with van der Waals surface area (Å²) in [5.41, 5.74) is 11.0. The monoisotopic (exact) mass is 596 g/mol. The molecule has 0 saturated carbocycles. The van der Waals surface area contributed by atoms with Crippen molar-refractivity contribution < 1.29 is 14.4 Å². The fraction of sp³-hybridized carbons (Fsp3) is 0.273. The smallest absolute Gasteiger partial charge is 0.250 e. The third-order valence-electron chi connectivity index (χ3n) is 7.08. The number of anilines is 1. The number of nitrogens with zero attached hydrogens (tertiary/aromatic N) is 2. The highest BCUT2D eigenvalue weighted by Crippen LogP contribution is 2.35. The van der Waals surface area contributed by atoms with E-state index in [1.165, 1.54) is 0 Å². The molecule has 0 fully saturated rings. The molecule has 2 heterocycles. The van der Waals surface area contributed by atoms with Crippen molar-refractivity contribution in [1.82, 2.24) is 20.6 Å². The Morgan fingerprint density at radius 1 is 1.05 bits per heavy atom. The van der Waals surface area contributed by atoms with E-state index in [-0.39, 0.29) is 30.6 Å². The molecule has 3 aromatic carbocycles. The molecule has 1 aliphatic heterocycles. The van der Waals surface area contributed by atoms with Crippen LogP contribution in [-0.4, -0.2) is 45.0 Å². The molecule has 1 atom stereocenters. The highest BCUT2D eigenvalue weighted by Gasteiger charge is 2.32. The predicted molar refractivity (Wildman–Crippen MR) is 169 cm³/mol. The fourth-order valence-corrected chi connectivity index (χ4v) is 6.09. The van der Waals surface area contributed by atoms with Crippen molar-refractivity contribution in [2.45, 2.75) is 56.3 Å². The van der Waals surface area contributed by atoms with E-state index in [1.54, 1.807) is 43.0 Å². The summed E-state index contributed by atoms with van der Waals surface area (Å²) in [6.07, 6.45) is 3.57. The summed E-state index contributed by atoms with van der Waals surface area (Å²) in [5, 5.41) is 5.91. The minimum Gasteiger partial charge on any atom is -0.352 e. The van der Waals surface area contributed by atoms with Crippen molar-refractivity contribution >= 4 is 35.2 Å². The molecule has 9 nitrogen and oxygen atoms in total.